The monoisotopic (exact) mass is 285 g/mol. The summed E-state index contributed by atoms with van der Waals surface area (Å²) in [5, 5.41) is 11.6. The second-order valence-corrected chi connectivity index (χ2v) is 4.53. The lowest BCUT2D eigenvalue weighted by molar-refractivity contribution is 0.0691. The van der Waals surface area contributed by atoms with Crippen molar-refractivity contribution < 1.29 is 14.7 Å². The summed E-state index contributed by atoms with van der Waals surface area (Å²) in [5.74, 6) is -1.19. The average Bonchev–Trinajstić information content (AvgIpc) is 2.47. The first-order valence-electron chi connectivity index (χ1n) is 6.28. The Morgan fingerprint density at radius 3 is 2.48 bits per heavy atom. The summed E-state index contributed by atoms with van der Waals surface area (Å²) in [6, 6.07) is 10.0. The van der Waals surface area contributed by atoms with Crippen molar-refractivity contribution in [1.82, 2.24) is 4.98 Å². The summed E-state index contributed by atoms with van der Waals surface area (Å²) in [4.78, 5) is 28.4. The van der Waals surface area contributed by atoms with Gasteiger partial charge in [-0.25, -0.2) is 14.6 Å². The quantitative estimate of drug-likeness (QED) is 0.908. The fourth-order valence-electron chi connectivity index (χ4n) is 1.76. The number of hydrogen-bond acceptors (Lipinski definition) is 3. The second kappa shape index (κ2) is 6.04. The number of hydrogen-bond donors (Lipinski definition) is 2. The van der Waals surface area contributed by atoms with E-state index >= 15 is 0 Å². The molecule has 0 radical (unpaired) electrons. The zero-order valence-electron chi connectivity index (χ0n) is 11.7. The molecule has 0 atom stereocenters. The Morgan fingerprint density at radius 2 is 1.86 bits per heavy atom. The van der Waals surface area contributed by atoms with Gasteiger partial charge >= 0.3 is 12.0 Å². The molecule has 0 spiro atoms. The molecule has 108 valence electrons. The fourth-order valence-corrected chi connectivity index (χ4v) is 1.76. The predicted molar refractivity (Wildman–Crippen MR) is 79.8 cm³/mol. The van der Waals surface area contributed by atoms with Crippen LogP contribution in [0.5, 0.6) is 0 Å². The minimum atomic E-state index is -1.19. The molecule has 0 saturated carbocycles. The van der Waals surface area contributed by atoms with E-state index in [-0.39, 0.29) is 11.4 Å². The first-order chi connectivity index (χ1) is 9.99. The fraction of sp³-hybridized carbons (Fsp3) is 0.133. The highest BCUT2D eigenvalue weighted by molar-refractivity contribution is 6.04. The highest BCUT2D eigenvalue weighted by Gasteiger charge is 2.16. The van der Waals surface area contributed by atoms with Gasteiger partial charge in [-0.05, 0) is 31.2 Å². The molecule has 1 aromatic heterocycles. The number of benzene rings is 1. The molecule has 0 aliphatic heterocycles. The van der Waals surface area contributed by atoms with Gasteiger partial charge in [0, 0.05) is 18.9 Å². The van der Waals surface area contributed by atoms with Crippen LogP contribution in [0.3, 0.4) is 0 Å². The summed E-state index contributed by atoms with van der Waals surface area (Å²) in [7, 11) is 1.61. The van der Waals surface area contributed by atoms with Crippen LogP contribution in [0, 0.1) is 6.92 Å². The Hall–Kier alpha value is -2.89. The van der Waals surface area contributed by atoms with Gasteiger partial charge in [0.25, 0.3) is 0 Å². The third-order valence-corrected chi connectivity index (χ3v) is 2.98. The van der Waals surface area contributed by atoms with E-state index in [1.807, 2.05) is 31.2 Å². The van der Waals surface area contributed by atoms with Crippen molar-refractivity contribution in [3.05, 3.63) is 53.9 Å². The lowest BCUT2D eigenvalue weighted by Gasteiger charge is -2.18. The molecule has 0 bridgehead atoms. The van der Waals surface area contributed by atoms with Crippen LogP contribution in [0.4, 0.5) is 16.2 Å². The number of anilines is 2. The number of nitrogens with one attached hydrogen (secondary N) is 1. The molecule has 0 aliphatic rings. The van der Waals surface area contributed by atoms with Crippen molar-refractivity contribution in [2.24, 2.45) is 0 Å². The molecule has 6 nitrogen and oxygen atoms in total. The normalized spacial score (nSPS) is 10.0. The molecule has 1 heterocycles. The molecule has 2 amide bonds. The van der Waals surface area contributed by atoms with Crippen LogP contribution < -0.4 is 10.2 Å². The highest BCUT2D eigenvalue weighted by atomic mass is 16.4. The van der Waals surface area contributed by atoms with E-state index in [1.54, 1.807) is 13.1 Å². The maximum atomic E-state index is 12.2. The number of rotatable bonds is 3. The van der Waals surface area contributed by atoms with Crippen molar-refractivity contribution in [2.45, 2.75) is 6.92 Å². The van der Waals surface area contributed by atoms with E-state index < -0.39 is 12.0 Å². The molecular weight excluding hydrogens is 270 g/mol. The predicted octanol–water partition coefficient (Wildman–Crippen LogP) is 2.76. The molecule has 0 unspecified atom stereocenters. The van der Waals surface area contributed by atoms with E-state index in [0.717, 1.165) is 5.56 Å². The first kappa shape index (κ1) is 14.5. The number of carboxylic acid groups (broad SMARTS) is 1. The lowest BCUT2D eigenvalue weighted by atomic mass is 10.2. The van der Waals surface area contributed by atoms with Gasteiger partial charge in [-0.2, -0.15) is 0 Å². The third-order valence-electron chi connectivity index (χ3n) is 2.98. The van der Waals surface area contributed by atoms with Crippen LogP contribution in [0.25, 0.3) is 0 Å². The van der Waals surface area contributed by atoms with Gasteiger partial charge in [0.05, 0.1) is 5.69 Å². The molecule has 1 aromatic carbocycles. The van der Waals surface area contributed by atoms with Gasteiger partial charge in [-0.3, -0.25) is 4.90 Å². The molecule has 2 aromatic rings. The molecule has 0 saturated heterocycles. The Labute approximate surface area is 122 Å². The van der Waals surface area contributed by atoms with Crippen LogP contribution in [-0.2, 0) is 0 Å². The molecule has 0 fully saturated rings. The van der Waals surface area contributed by atoms with Crippen LogP contribution in [-0.4, -0.2) is 29.1 Å². The number of carbonyl (C=O) groups excluding carboxylic acids is 1. The van der Waals surface area contributed by atoms with Crippen molar-refractivity contribution in [3.63, 3.8) is 0 Å². The maximum Gasteiger partial charge on any atom is 0.356 e. The molecule has 21 heavy (non-hydrogen) atoms. The number of carboxylic acids is 1. The highest BCUT2D eigenvalue weighted by Crippen LogP contribution is 2.17. The summed E-state index contributed by atoms with van der Waals surface area (Å²) in [6.07, 6.45) is 1.36. The third kappa shape index (κ3) is 3.36. The summed E-state index contributed by atoms with van der Waals surface area (Å²) in [5.41, 5.74) is 1.77. The molecule has 0 aliphatic carbocycles. The van der Waals surface area contributed by atoms with E-state index in [2.05, 4.69) is 10.3 Å². The Kier molecular flexibility index (Phi) is 4.18. The topological polar surface area (TPSA) is 82.5 Å². The second-order valence-electron chi connectivity index (χ2n) is 4.53. The van der Waals surface area contributed by atoms with E-state index in [1.165, 1.54) is 17.2 Å². The number of pyridine rings is 1. The van der Waals surface area contributed by atoms with Gasteiger partial charge in [0.15, 0.2) is 5.69 Å². The zero-order valence-corrected chi connectivity index (χ0v) is 11.7. The summed E-state index contributed by atoms with van der Waals surface area (Å²) >= 11 is 0. The van der Waals surface area contributed by atoms with E-state index in [0.29, 0.717) is 5.69 Å². The number of aromatic carboxylic acids is 1. The summed E-state index contributed by atoms with van der Waals surface area (Å²) < 4.78 is 0. The SMILES string of the molecule is Cc1ccc(N(C)C(=O)Nc2cccnc2C(=O)O)cc1. The smallest absolute Gasteiger partial charge is 0.356 e. The maximum absolute atomic E-state index is 12.2. The van der Waals surface area contributed by atoms with Crippen LogP contribution in [0.1, 0.15) is 16.1 Å². The van der Waals surface area contributed by atoms with E-state index in [9.17, 15) is 9.59 Å². The Balaban J connectivity index is 2.18. The first-order valence-corrected chi connectivity index (χ1v) is 6.28. The zero-order chi connectivity index (χ0) is 15.4. The van der Waals surface area contributed by atoms with Crippen molar-refractivity contribution in [3.8, 4) is 0 Å². The number of aromatic nitrogens is 1. The van der Waals surface area contributed by atoms with Gasteiger partial charge in [0.1, 0.15) is 0 Å². The Bertz CT molecular complexity index is 668. The van der Waals surface area contributed by atoms with Gasteiger partial charge in [0.2, 0.25) is 0 Å². The number of urea groups is 1. The van der Waals surface area contributed by atoms with E-state index in [4.69, 9.17) is 5.11 Å². The minimum Gasteiger partial charge on any atom is -0.476 e. The number of aryl methyl sites for hydroxylation is 1. The van der Waals surface area contributed by atoms with Crippen molar-refractivity contribution >= 4 is 23.4 Å². The van der Waals surface area contributed by atoms with Crippen molar-refractivity contribution in [2.75, 3.05) is 17.3 Å². The van der Waals surface area contributed by atoms with Crippen LogP contribution in [0.2, 0.25) is 0 Å². The largest absolute Gasteiger partial charge is 0.476 e. The van der Waals surface area contributed by atoms with Crippen molar-refractivity contribution in [1.29, 1.82) is 0 Å². The van der Waals surface area contributed by atoms with Gasteiger partial charge < -0.3 is 10.4 Å². The lowest BCUT2D eigenvalue weighted by Crippen LogP contribution is -2.31. The van der Waals surface area contributed by atoms with Gasteiger partial charge in [-0.15, -0.1) is 0 Å². The molecule has 6 heteroatoms. The average molecular weight is 285 g/mol. The number of nitrogens with zero attached hydrogens (tertiary/aromatic N) is 2. The number of amides is 2. The number of carbonyl (C=O) groups is 2. The van der Waals surface area contributed by atoms with Gasteiger partial charge in [-0.1, -0.05) is 17.7 Å². The van der Waals surface area contributed by atoms with Crippen LogP contribution >= 0.6 is 0 Å². The standard InChI is InChI=1S/C15H15N3O3/c1-10-5-7-11(8-6-10)18(2)15(21)17-12-4-3-9-16-13(12)14(19)20/h3-9H,1-2H3,(H,17,21)(H,19,20). The summed E-state index contributed by atoms with van der Waals surface area (Å²) in [6.45, 7) is 1.96. The Morgan fingerprint density at radius 1 is 1.19 bits per heavy atom. The molecule has 2 N–H and O–H groups in total. The molecular formula is C15H15N3O3. The van der Waals surface area contributed by atoms with Crippen LogP contribution in [0.15, 0.2) is 42.6 Å². The molecule has 2 rings (SSSR count). The minimum absolute atomic E-state index is 0.161.